The number of unbranched alkanes of at least 4 members (excludes halogenated alkanes) is 2. The number of carbonyl (C=O) groups excluding carboxylic acids is 1. The van der Waals surface area contributed by atoms with Crippen LogP contribution in [0.1, 0.15) is 38.2 Å². The maximum atomic E-state index is 11.1. The lowest BCUT2D eigenvalue weighted by atomic mass is 10.2. The number of thioether (sulfide) groups is 1. The van der Waals surface area contributed by atoms with Gasteiger partial charge in [-0.2, -0.15) is 0 Å². The topological polar surface area (TPSA) is 26.3 Å². The summed E-state index contributed by atoms with van der Waals surface area (Å²) in [5, 5.41) is 0. The number of rotatable bonds is 8. The number of hydrogen-bond donors (Lipinski definition) is 0. The molecule has 0 saturated heterocycles. The van der Waals surface area contributed by atoms with Crippen molar-refractivity contribution in [2.45, 2.75) is 44.4 Å². The first-order chi connectivity index (χ1) is 8.72. The summed E-state index contributed by atoms with van der Waals surface area (Å²) in [6.07, 6.45) is 3.74. The summed E-state index contributed by atoms with van der Waals surface area (Å²) in [7, 11) is 0. The van der Waals surface area contributed by atoms with Gasteiger partial charge in [-0.05, 0) is 44.6 Å². The summed E-state index contributed by atoms with van der Waals surface area (Å²) < 4.78 is 4.89. The maximum Gasteiger partial charge on any atom is 0.305 e. The Kier molecular flexibility index (Phi) is 7.58. The third-order valence-corrected chi connectivity index (χ3v) is 3.67. The minimum atomic E-state index is -0.0659. The molecule has 0 amide bonds. The van der Waals surface area contributed by atoms with E-state index in [0.29, 0.717) is 13.0 Å². The fourth-order valence-electron chi connectivity index (χ4n) is 1.68. The van der Waals surface area contributed by atoms with Crippen LogP contribution in [0.3, 0.4) is 0 Å². The molecule has 1 rings (SSSR count). The molecule has 1 aromatic rings. The average molecular weight is 266 g/mol. The Hall–Kier alpha value is -0.960. The highest BCUT2D eigenvalue weighted by atomic mass is 32.2. The molecule has 0 aliphatic rings. The van der Waals surface area contributed by atoms with E-state index in [1.165, 1.54) is 10.5 Å². The molecule has 0 spiro atoms. The van der Waals surface area contributed by atoms with Gasteiger partial charge in [-0.1, -0.05) is 24.1 Å². The number of aryl methyl sites for hydroxylation is 1. The summed E-state index contributed by atoms with van der Waals surface area (Å²) in [4.78, 5) is 12.4. The molecule has 0 bridgehead atoms. The van der Waals surface area contributed by atoms with Crippen molar-refractivity contribution in [3.05, 3.63) is 29.8 Å². The van der Waals surface area contributed by atoms with Crippen LogP contribution in [0.2, 0.25) is 0 Å². The Morgan fingerprint density at radius 3 is 2.83 bits per heavy atom. The Morgan fingerprint density at radius 1 is 1.28 bits per heavy atom. The quantitative estimate of drug-likeness (QED) is 0.400. The number of carbonyl (C=O) groups is 1. The zero-order valence-electron chi connectivity index (χ0n) is 11.3. The van der Waals surface area contributed by atoms with E-state index >= 15 is 0 Å². The number of hydrogen-bond acceptors (Lipinski definition) is 3. The second-order valence-corrected chi connectivity index (χ2v) is 5.45. The molecule has 18 heavy (non-hydrogen) atoms. The van der Waals surface area contributed by atoms with E-state index in [0.717, 1.165) is 25.0 Å². The summed E-state index contributed by atoms with van der Waals surface area (Å²) in [6, 6.07) is 8.57. The standard InChI is InChI=1S/C15H22O2S/c1-3-17-15(16)10-5-4-6-11-18-14-9-7-8-13(2)12-14/h7-9,12H,3-6,10-11H2,1-2H3. The van der Waals surface area contributed by atoms with Crippen LogP contribution in [0.25, 0.3) is 0 Å². The van der Waals surface area contributed by atoms with E-state index in [9.17, 15) is 4.79 Å². The Bertz CT molecular complexity index is 363. The third kappa shape index (κ3) is 6.70. The zero-order valence-corrected chi connectivity index (χ0v) is 12.1. The van der Waals surface area contributed by atoms with Gasteiger partial charge in [0.1, 0.15) is 0 Å². The summed E-state index contributed by atoms with van der Waals surface area (Å²) in [5.41, 5.74) is 1.31. The molecule has 100 valence electrons. The van der Waals surface area contributed by atoms with Gasteiger partial charge >= 0.3 is 5.97 Å². The molecule has 3 heteroatoms. The molecule has 0 heterocycles. The molecule has 2 nitrogen and oxygen atoms in total. The maximum absolute atomic E-state index is 11.1. The van der Waals surface area contributed by atoms with Gasteiger partial charge in [0, 0.05) is 11.3 Å². The number of ether oxygens (including phenoxy) is 1. The van der Waals surface area contributed by atoms with Crippen molar-refractivity contribution in [2.24, 2.45) is 0 Å². The van der Waals surface area contributed by atoms with Crippen LogP contribution in [0.4, 0.5) is 0 Å². The molecule has 0 unspecified atom stereocenters. The van der Waals surface area contributed by atoms with Crippen LogP contribution in [-0.2, 0) is 9.53 Å². The van der Waals surface area contributed by atoms with E-state index in [4.69, 9.17) is 4.74 Å². The molecule has 0 aromatic heterocycles. The van der Waals surface area contributed by atoms with Crippen LogP contribution < -0.4 is 0 Å². The normalized spacial score (nSPS) is 10.3. The van der Waals surface area contributed by atoms with Crippen molar-refractivity contribution < 1.29 is 9.53 Å². The van der Waals surface area contributed by atoms with Crippen molar-refractivity contribution in [1.29, 1.82) is 0 Å². The lowest BCUT2D eigenvalue weighted by Gasteiger charge is -2.03. The van der Waals surface area contributed by atoms with Crippen LogP contribution in [0, 0.1) is 6.92 Å². The molecular weight excluding hydrogens is 244 g/mol. The zero-order chi connectivity index (χ0) is 13.2. The summed E-state index contributed by atoms with van der Waals surface area (Å²) in [5.74, 6) is 1.05. The van der Waals surface area contributed by atoms with Crippen LogP contribution in [-0.4, -0.2) is 18.3 Å². The minimum absolute atomic E-state index is 0.0659. The van der Waals surface area contributed by atoms with E-state index in [-0.39, 0.29) is 5.97 Å². The highest BCUT2D eigenvalue weighted by Gasteiger charge is 2.01. The molecule has 0 N–H and O–H groups in total. The monoisotopic (exact) mass is 266 g/mol. The van der Waals surface area contributed by atoms with E-state index in [1.807, 2.05) is 18.7 Å². The fraction of sp³-hybridized carbons (Fsp3) is 0.533. The molecule has 1 aromatic carbocycles. The second-order valence-electron chi connectivity index (χ2n) is 4.28. The largest absolute Gasteiger partial charge is 0.466 e. The Balaban J connectivity index is 2.04. The van der Waals surface area contributed by atoms with Crippen molar-refractivity contribution in [3.8, 4) is 0 Å². The molecule has 0 saturated carbocycles. The van der Waals surface area contributed by atoms with Gasteiger partial charge < -0.3 is 4.74 Å². The summed E-state index contributed by atoms with van der Waals surface area (Å²) >= 11 is 1.89. The van der Waals surface area contributed by atoms with Crippen molar-refractivity contribution in [2.75, 3.05) is 12.4 Å². The van der Waals surface area contributed by atoms with Crippen molar-refractivity contribution >= 4 is 17.7 Å². The lowest BCUT2D eigenvalue weighted by Crippen LogP contribution is -2.03. The first kappa shape index (κ1) is 15.1. The predicted octanol–water partition coefficient (Wildman–Crippen LogP) is 4.21. The average Bonchev–Trinajstić information content (AvgIpc) is 2.34. The smallest absolute Gasteiger partial charge is 0.305 e. The first-order valence-electron chi connectivity index (χ1n) is 6.57. The van der Waals surface area contributed by atoms with Gasteiger partial charge in [0.15, 0.2) is 0 Å². The molecule has 0 radical (unpaired) electrons. The highest BCUT2D eigenvalue weighted by molar-refractivity contribution is 7.99. The van der Waals surface area contributed by atoms with E-state index < -0.39 is 0 Å². The molecule has 0 atom stereocenters. The Morgan fingerprint density at radius 2 is 2.11 bits per heavy atom. The minimum Gasteiger partial charge on any atom is -0.466 e. The SMILES string of the molecule is CCOC(=O)CCCCCSc1cccc(C)c1. The molecule has 0 aliphatic carbocycles. The lowest BCUT2D eigenvalue weighted by molar-refractivity contribution is -0.143. The van der Waals surface area contributed by atoms with Crippen molar-refractivity contribution in [3.63, 3.8) is 0 Å². The van der Waals surface area contributed by atoms with Gasteiger partial charge in [-0.3, -0.25) is 4.79 Å². The number of benzene rings is 1. The van der Waals surface area contributed by atoms with Crippen molar-refractivity contribution in [1.82, 2.24) is 0 Å². The molecule has 0 fully saturated rings. The second kappa shape index (κ2) is 9.03. The number of esters is 1. The van der Waals surface area contributed by atoms with E-state index in [1.54, 1.807) is 0 Å². The fourth-order valence-corrected chi connectivity index (χ4v) is 2.70. The van der Waals surface area contributed by atoms with Crippen LogP contribution >= 0.6 is 11.8 Å². The van der Waals surface area contributed by atoms with Crippen LogP contribution in [0.5, 0.6) is 0 Å². The van der Waals surface area contributed by atoms with Crippen LogP contribution in [0.15, 0.2) is 29.2 Å². The summed E-state index contributed by atoms with van der Waals surface area (Å²) in [6.45, 7) is 4.45. The van der Waals surface area contributed by atoms with E-state index in [2.05, 4.69) is 31.2 Å². The molecule has 0 aliphatic heterocycles. The Labute approximate surface area is 114 Å². The van der Waals surface area contributed by atoms with Gasteiger partial charge in [-0.15, -0.1) is 11.8 Å². The highest BCUT2D eigenvalue weighted by Crippen LogP contribution is 2.20. The van der Waals surface area contributed by atoms with Gasteiger partial charge in [-0.25, -0.2) is 0 Å². The van der Waals surface area contributed by atoms with Gasteiger partial charge in [0.05, 0.1) is 6.61 Å². The first-order valence-corrected chi connectivity index (χ1v) is 7.56. The molecular formula is C15H22O2S. The predicted molar refractivity (Wildman–Crippen MR) is 77.0 cm³/mol. The third-order valence-electron chi connectivity index (χ3n) is 2.59. The van der Waals surface area contributed by atoms with Gasteiger partial charge in [0.25, 0.3) is 0 Å². The van der Waals surface area contributed by atoms with Gasteiger partial charge in [0.2, 0.25) is 0 Å².